The molecule has 0 fully saturated rings. The highest BCUT2D eigenvalue weighted by Gasteiger charge is 2.27. The van der Waals surface area contributed by atoms with Crippen LogP contribution in [0.2, 0.25) is 0 Å². The first-order chi connectivity index (χ1) is 14.8. The number of carbonyl (C=O) groups excluding carboxylic acids is 3. The lowest BCUT2D eigenvalue weighted by Gasteiger charge is -2.17. The van der Waals surface area contributed by atoms with Crippen molar-refractivity contribution in [1.29, 1.82) is 5.26 Å². The molecule has 0 saturated heterocycles. The lowest BCUT2D eigenvalue weighted by atomic mass is 10.1. The third kappa shape index (κ3) is 6.72. The molecule has 0 aliphatic heterocycles. The van der Waals surface area contributed by atoms with Gasteiger partial charge < -0.3 is 15.0 Å². The summed E-state index contributed by atoms with van der Waals surface area (Å²) < 4.78 is 5.33. The van der Waals surface area contributed by atoms with Crippen LogP contribution in [-0.2, 0) is 14.3 Å². The molecule has 0 radical (unpaired) electrons. The zero-order valence-electron chi connectivity index (χ0n) is 17.6. The summed E-state index contributed by atoms with van der Waals surface area (Å²) in [6.07, 6.45) is -0.0184. The molecule has 31 heavy (non-hydrogen) atoms. The van der Waals surface area contributed by atoms with Crippen LogP contribution in [0.3, 0.4) is 0 Å². The number of benzene rings is 2. The van der Waals surface area contributed by atoms with Crippen molar-refractivity contribution < 1.29 is 19.1 Å². The molecule has 0 saturated carbocycles. The van der Waals surface area contributed by atoms with Crippen molar-refractivity contribution in [2.75, 3.05) is 25.5 Å². The smallest absolute Gasteiger partial charge is 0.350 e. The van der Waals surface area contributed by atoms with Crippen molar-refractivity contribution in [1.82, 2.24) is 10.6 Å². The van der Waals surface area contributed by atoms with Gasteiger partial charge in [0.1, 0.15) is 11.6 Å². The second-order valence-corrected chi connectivity index (χ2v) is 6.70. The van der Waals surface area contributed by atoms with Gasteiger partial charge in [0.25, 0.3) is 5.91 Å². The van der Waals surface area contributed by atoms with E-state index in [1.54, 1.807) is 49.4 Å². The third-order valence-electron chi connectivity index (χ3n) is 4.20. The summed E-state index contributed by atoms with van der Waals surface area (Å²) in [5, 5.41) is 14.0. The average molecular weight is 420 g/mol. The third-order valence-corrected chi connectivity index (χ3v) is 4.20. The molecule has 0 aromatic heterocycles. The number of anilines is 1. The Morgan fingerprint density at radius 3 is 2.29 bits per heavy atom. The second kappa shape index (κ2) is 11.2. The average Bonchev–Trinajstić information content (AvgIpc) is 2.76. The Bertz CT molecular complexity index is 992. The number of hydrogen-bond acceptors (Lipinski definition) is 6. The number of nitrogens with zero attached hydrogens (tertiary/aromatic N) is 2. The minimum absolute atomic E-state index is 0.274. The summed E-state index contributed by atoms with van der Waals surface area (Å²) in [6.45, 7) is 2.02. The van der Waals surface area contributed by atoms with Gasteiger partial charge in [0.15, 0.2) is 0 Å². The Morgan fingerprint density at radius 2 is 1.74 bits per heavy atom. The number of rotatable bonds is 7. The van der Waals surface area contributed by atoms with Gasteiger partial charge in [0.2, 0.25) is 6.10 Å². The van der Waals surface area contributed by atoms with Gasteiger partial charge in [0.05, 0.1) is 0 Å². The Morgan fingerprint density at radius 1 is 1.10 bits per heavy atom. The first-order valence-corrected chi connectivity index (χ1v) is 9.59. The van der Waals surface area contributed by atoms with E-state index in [4.69, 9.17) is 4.74 Å². The van der Waals surface area contributed by atoms with Crippen LogP contribution in [0.25, 0.3) is 6.08 Å². The van der Waals surface area contributed by atoms with E-state index in [1.165, 1.54) is 6.08 Å². The Labute approximate surface area is 181 Å². The molecule has 0 aliphatic carbocycles. The summed E-state index contributed by atoms with van der Waals surface area (Å²) >= 11 is 0. The molecule has 0 heterocycles. The fourth-order valence-corrected chi connectivity index (χ4v) is 2.63. The van der Waals surface area contributed by atoms with E-state index < -0.39 is 24.0 Å². The molecule has 0 bridgehead atoms. The molecule has 1 atom stereocenters. The summed E-state index contributed by atoms with van der Waals surface area (Å²) in [5.74, 6) is -1.79. The predicted octanol–water partition coefficient (Wildman–Crippen LogP) is 2.79. The quantitative estimate of drug-likeness (QED) is 0.405. The number of nitriles is 1. The van der Waals surface area contributed by atoms with E-state index >= 15 is 0 Å². The first-order valence-electron chi connectivity index (χ1n) is 9.59. The fourth-order valence-electron chi connectivity index (χ4n) is 2.63. The molecule has 160 valence electrons. The highest BCUT2D eigenvalue weighted by molar-refractivity contribution is 6.01. The maximum Gasteiger partial charge on any atom is 0.350 e. The van der Waals surface area contributed by atoms with Gasteiger partial charge in [-0.2, -0.15) is 5.26 Å². The minimum atomic E-state index is -1.40. The van der Waals surface area contributed by atoms with Gasteiger partial charge in [-0.25, -0.2) is 9.59 Å². The highest BCUT2D eigenvalue weighted by Crippen LogP contribution is 2.21. The Kier molecular flexibility index (Phi) is 8.34. The van der Waals surface area contributed by atoms with Crippen molar-refractivity contribution in [2.45, 2.75) is 13.0 Å². The summed E-state index contributed by atoms with van der Waals surface area (Å²) in [7, 11) is 3.80. The zero-order valence-corrected chi connectivity index (χ0v) is 17.6. The van der Waals surface area contributed by atoms with Gasteiger partial charge >= 0.3 is 12.0 Å². The maximum absolute atomic E-state index is 12.7. The molecular formula is C23H24N4O4. The van der Waals surface area contributed by atoms with E-state index in [1.807, 2.05) is 37.2 Å². The number of nitrogens with one attached hydrogen (secondary N) is 2. The monoisotopic (exact) mass is 420 g/mol. The number of esters is 1. The van der Waals surface area contributed by atoms with E-state index in [2.05, 4.69) is 10.6 Å². The van der Waals surface area contributed by atoms with Crippen LogP contribution in [0.1, 0.15) is 24.2 Å². The Hall–Kier alpha value is -4.12. The summed E-state index contributed by atoms with van der Waals surface area (Å²) in [6, 6.07) is 16.6. The van der Waals surface area contributed by atoms with Crippen LogP contribution < -0.4 is 15.5 Å². The number of imide groups is 1. The molecule has 2 aromatic carbocycles. The molecular weight excluding hydrogens is 396 g/mol. The van der Waals surface area contributed by atoms with Crippen molar-refractivity contribution >= 4 is 29.7 Å². The highest BCUT2D eigenvalue weighted by atomic mass is 16.5. The van der Waals surface area contributed by atoms with Gasteiger partial charge in [-0.05, 0) is 30.7 Å². The van der Waals surface area contributed by atoms with Crippen molar-refractivity contribution in [2.24, 2.45) is 0 Å². The number of carbonyl (C=O) groups is 3. The standard InChI is InChI=1S/C23H24N4O4/c1-4-25-23(30)26-21(28)20(17-8-6-5-7-9-17)31-22(29)18(15-24)14-16-10-12-19(13-11-16)27(2)3/h5-14,20H,4H2,1-3H3,(H2,25,26,28,30)/b18-14+/t20-/m1/s1. The van der Waals surface area contributed by atoms with Crippen molar-refractivity contribution in [3.8, 4) is 6.07 Å². The number of urea groups is 1. The van der Waals surface area contributed by atoms with Gasteiger partial charge in [-0.1, -0.05) is 42.5 Å². The molecule has 2 aromatic rings. The molecule has 0 aliphatic rings. The normalized spacial score (nSPS) is 11.6. The lowest BCUT2D eigenvalue weighted by molar-refractivity contribution is -0.152. The fraction of sp³-hybridized carbons (Fsp3) is 0.217. The van der Waals surface area contributed by atoms with E-state index in [9.17, 15) is 19.6 Å². The summed E-state index contributed by atoms with van der Waals surface area (Å²) in [4.78, 5) is 38.9. The molecule has 2 N–H and O–H groups in total. The maximum atomic E-state index is 12.7. The molecule has 2 rings (SSSR count). The first kappa shape index (κ1) is 23.2. The summed E-state index contributed by atoms with van der Waals surface area (Å²) in [5.41, 5.74) is 1.68. The van der Waals surface area contributed by atoms with Crippen molar-refractivity contribution in [3.05, 3.63) is 71.3 Å². The lowest BCUT2D eigenvalue weighted by Crippen LogP contribution is -2.42. The molecule has 3 amide bonds. The van der Waals surface area contributed by atoms with E-state index in [0.717, 1.165) is 5.69 Å². The van der Waals surface area contributed by atoms with Gasteiger partial charge in [-0.3, -0.25) is 10.1 Å². The number of amides is 3. The second-order valence-electron chi connectivity index (χ2n) is 6.70. The van der Waals surface area contributed by atoms with Crippen LogP contribution >= 0.6 is 0 Å². The van der Waals surface area contributed by atoms with Crippen LogP contribution in [0, 0.1) is 11.3 Å². The molecule has 8 nitrogen and oxygen atoms in total. The van der Waals surface area contributed by atoms with Gasteiger partial charge in [-0.15, -0.1) is 0 Å². The topological polar surface area (TPSA) is 112 Å². The van der Waals surface area contributed by atoms with E-state index in [-0.39, 0.29) is 5.57 Å². The largest absolute Gasteiger partial charge is 0.443 e. The van der Waals surface area contributed by atoms with Gasteiger partial charge in [0, 0.05) is 31.9 Å². The SMILES string of the molecule is CCNC(=O)NC(=O)[C@H](OC(=O)/C(C#N)=C/c1ccc(N(C)C)cc1)c1ccccc1. The zero-order chi connectivity index (χ0) is 22.8. The number of ether oxygens (including phenoxy) is 1. The Balaban J connectivity index is 2.25. The molecule has 8 heteroatoms. The number of hydrogen-bond donors (Lipinski definition) is 2. The predicted molar refractivity (Wildman–Crippen MR) is 117 cm³/mol. The van der Waals surface area contributed by atoms with Crippen molar-refractivity contribution in [3.63, 3.8) is 0 Å². The molecule has 0 spiro atoms. The molecule has 0 unspecified atom stereocenters. The van der Waals surface area contributed by atoms with E-state index in [0.29, 0.717) is 17.7 Å². The van der Waals surface area contributed by atoms with Crippen LogP contribution in [0.5, 0.6) is 0 Å². The van der Waals surface area contributed by atoms with Crippen LogP contribution in [-0.4, -0.2) is 38.5 Å². The van der Waals surface area contributed by atoms with Crippen LogP contribution in [0.4, 0.5) is 10.5 Å². The minimum Gasteiger partial charge on any atom is -0.443 e. The van der Waals surface area contributed by atoms with Crippen LogP contribution in [0.15, 0.2) is 60.2 Å².